The van der Waals surface area contributed by atoms with E-state index in [0.717, 1.165) is 11.8 Å². The smallest absolute Gasteiger partial charge is 0.391 e. The van der Waals surface area contributed by atoms with E-state index in [2.05, 4.69) is 5.16 Å². The molecule has 28 heavy (non-hydrogen) atoms. The fourth-order valence-electron chi connectivity index (χ4n) is 2.20. The minimum Gasteiger partial charge on any atom is -0.391 e. The zero-order valence-corrected chi connectivity index (χ0v) is 17.0. The van der Waals surface area contributed by atoms with Crippen LogP contribution in [0.4, 0.5) is 18.9 Å². The fraction of sp³-hybridized carbons (Fsp3) is 0.235. The monoisotopic (exact) mass is 454 g/mol. The van der Waals surface area contributed by atoms with Gasteiger partial charge in [-0.2, -0.15) is 21.6 Å². The van der Waals surface area contributed by atoms with Gasteiger partial charge in [0.05, 0.1) is 11.9 Å². The van der Waals surface area contributed by atoms with Crippen LogP contribution in [0.15, 0.2) is 35.5 Å². The van der Waals surface area contributed by atoms with Crippen LogP contribution in [0.1, 0.15) is 22.3 Å². The number of benzene rings is 2. The maximum Gasteiger partial charge on any atom is 0.516 e. The molecule has 152 valence electrons. The first-order chi connectivity index (χ1) is 12.9. The van der Waals surface area contributed by atoms with Crippen molar-refractivity contribution in [3.05, 3.63) is 62.6 Å². The van der Waals surface area contributed by atoms with Crippen molar-refractivity contribution in [2.75, 3.05) is 4.72 Å². The molecule has 0 saturated carbocycles. The van der Waals surface area contributed by atoms with E-state index in [0.29, 0.717) is 21.2 Å². The number of hydrogen-bond acceptors (Lipinski definition) is 4. The zero-order chi connectivity index (χ0) is 21.1. The van der Waals surface area contributed by atoms with Crippen molar-refractivity contribution in [1.29, 1.82) is 0 Å². The van der Waals surface area contributed by atoms with Gasteiger partial charge in [-0.3, -0.25) is 4.72 Å². The molecule has 0 amide bonds. The summed E-state index contributed by atoms with van der Waals surface area (Å²) in [7, 11) is -5.56. The molecule has 2 aromatic rings. The Labute approximate surface area is 170 Å². The molecule has 0 aromatic heterocycles. The maximum atomic E-state index is 12.6. The summed E-state index contributed by atoms with van der Waals surface area (Å²) < 4.78 is 62.0. The summed E-state index contributed by atoms with van der Waals surface area (Å²) in [6.07, 6.45) is 1.11. The summed E-state index contributed by atoms with van der Waals surface area (Å²) in [6.45, 7) is 3.47. The lowest BCUT2D eigenvalue weighted by Crippen LogP contribution is -2.30. The molecule has 0 atom stereocenters. The average molecular weight is 455 g/mol. The average Bonchev–Trinajstić information content (AvgIpc) is 2.54. The minimum absolute atomic E-state index is 0.00619. The summed E-state index contributed by atoms with van der Waals surface area (Å²) in [6, 6.07) is 7.37. The van der Waals surface area contributed by atoms with Gasteiger partial charge in [-0.05, 0) is 43.7 Å². The van der Waals surface area contributed by atoms with Crippen molar-refractivity contribution in [2.24, 2.45) is 5.16 Å². The molecule has 5 nitrogen and oxygen atoms in total. The van der Waals surface area contributed by atoms with Gasteiger partial charge >= 0.3 is 15.5 Å². The van der Waals surface area contributed by atoms with E-state index in [1.807, 2.05) is 0 Å². The summed E-state index contributed by atoms with van der Waals surface area (Å²) >= 11 is 12.0. The second-order valence-corrected chi connectivity index (χ2v) is 8.35. The van der Waals surface area contributed by atoms with Gasteiger partial charge in [-0.15, -0.1) is 0 Å². The van der Waals surface area contributed by atoms with E-state index in [1.165, 1.54) is 22.9 Å². The Hall–Kier alpha value is -1.97. The molecule has 2 aromatic carbocycles. The molecule has 1 N–H and O–H groups in total. The van der Waals surface area contributed by atoms with Gasteiger partial charge in [-0.1, -0.05) is 40.0 Å². The number of rotatable bonds is 6. The summed E-state index contributed by atoms with van der Waals surface area (Å²) in [5.41, 5.74) is -3.51. The van der Waals surface area contributed by atoms with E-state index in [-0.39, 0.29) is 17.9 Å². The number of hydrogen-bond donors (Lipinski definition) is 1. The van der Waals surface area contributed by atoms with Crippen molar-refractivity contribution in [3.63, 3.8) is 0 Å². The zero-order valence-electron chi connectivity index (χ0n) is 14.6. The molecule has 0 heterocycles. The maximum absolute atomic E-state index is 12.6. The SMILES string of the molecule is Cc1ccc(NS(=O)(=O)C(F)(F)F)c(/C=N/OCc2c(C)cc(Cl)cc2Cl)c1. The molecule has 0 bridgehead atoms. The molecule has 0 aliphatic carbocycles. The molecule has 2 rings (SSSR count). The molecule has 0 spiro atoms. The van der Waals surface area contributed by atoms with Crippen LogP contribution in [0.25, 0.3) is 0 Å². The van der Waals surface area contributed by atoms with E-state index < -0.39 is 15.5 Å². The van der Waals surface area contributed by atoms with Crippen LogP contribution in [-0.2, 0) is 21.5 Å². The second-order valence-electron chi connectivity index (χ2n) is 5.83. The van der Waals surface area contributed by atoms with Crippen LogP contribution in [0, 0.1) is 13.8 Å². The van der Waals surface area contributed by atoms with Crippen LogP contribution in [0.5, 0.6) is 0 Å². The predicted octanol–water partition coefficient (Wildman–Crippen LogP) is 5.42. The number of nitrogens with one attached hydrogen (secondary N) is 1. The van der Waals surface area contributed by atoms with Crippen LogP contribution in [0.3, 0.4) is 0 Å². The van der Waals surface area contributed by atoms with Crippen molar-refractivity contribution in [1.82, 2.24) is 0 Å². The van der Waals surface area contributed by atoms with Crippen molar-refractivity contribution >= 4 is 45.1 Å². The predicted molar refractivity (Wildman–Crippen MR) is 103 cm³/mol. The first-order valence-electron chi connectivity index (χ1n) is 7.70. The van der Waals surface area contributed by atoms with Gasteiger partial charge in [0.2, 0.25) is 0 Å². The van der Waals surface area contributed by atoms with Crippen molar-refractivity contribution in [2.45, 2.75) is 26.0 Å². The first-order valence-corrected chi connectivity index (χ1v) is 9.94. The largest absolute Gasteiger partial charge is 0.516 e. The number of alkyl halides is 3. The number of aryl methyl sites for hydroxylation is 2. The third-order valence-electron chi connectivity index (χ3n) is 3.61. The molecule has 0 unspecified atom stereocenters. The van der Waals surface area contributed by atoms with Crippen LogP contribution in [0.2, 0.25) is 10.0 Å². The third-order valence-corrected chi connectivity index (χ3v) is 5.27. The van der Waals surface area contributed by atoms with E-state index >= 15 is 0 Å². The standard InChI is InChI=1S/C17H15Cl2F3N2O3S/c1-10-3-4-16(24-28(25,26)17(20,21)22)12(5-10)8-23-27-9-14-11(2)6-13(18)7-15(14)19/h3-8,24H,9H2,1-2H3/b23-8+. The summed E-state index contributed by atoms with van der Waals surface area (Å²) in [4.78, 5) is 5.16. The van der Waals surface area contributed by atoms with Gasteiger partial charge in [0.25, 0.3) is 0 Å². The number of halogens is 5. The summed E-state index contributed by atoms with van der Waals surface area (Å²) in [5.74, 6) is 0. The van der Waals surface area contributed by atoms with Crippen LogP contribution in [-0.4, -0.2) is 20.1 Å². The lowest BCUT2D eigenvalue weighted by atomic mass is 10.1. The van der Waals surface area contributed by atoms with E-state index in [1.54, 1.807) is 26.0 Å². The Bertz CT molecular complexity index is 986. The molecule has 0 radical (unpaired) electrons. The van der Waals surface area contributed by atoms with Gasteiger partial charge in [0, 0.05) is 21.2 Å². The van der Waals surface area contributed by atoms with E-state index in [4.69, 9.17) is 28.0 Å². The van der Waals surface area contributed by atoms with Gasteiger partial charge in [-0.25, -0.2) is 0 Å². The van der Waals surface area contributed by atoms with Crippen molar-refractivity contribution in [3.8, 4) is 0 Å². The topological polar surface area (TPSA) is 67.8 Å². The molecule has 11 heteroatoms. The lowest BCUT2D eigenvalue weighted by Gasteiger charge is -2.13. The Kier molecular flexibility index (Phi) is 6.84. The highest BCUT2D eigenvalue weighted by Crippen LogP contribution is 2.28. The number of nitrogens with zero attached hydrogens (tertiary/aromatic N) is 1. The number of oxime groups is 1. The van der Waals surface area contributed by atoms with Gasteiger partial charge in [0.15, 0.2) is 0 Å². The molecule has 0 fully saturated rings. The Morgan fingerprint density at radius 1 is 1.18 bits per heavy atom. The van der Waals surface area contributed by atoms with Crippen molar-refractivity contribution < 1.29 is 26.4 Å². The normalized spacial score (nSPS) is 12.4. The highest BCUT2D eigenvalue weighted by molar-refractivity contribution is 7.93. The highest BCUT2D eigenvalue weighted by Gasteiger charge is 2.46. The van der Waals surface area contributed by atoms with Crippen LogP contribution >= 0.6 is 23.2 Å². The second kappa shape index (κ2) is 8.59. The van der Waals surface area contributed by atoms with Gasteiger partial charge in [0.1, 0.15) is 6.61 Å². The molecular weight excluding hydrogens is 440 g/mol. The molecule has 0 saturated heterocycles. The number of sulfonamides is 1. The minimum atomic E-state index is -5.56. The summed E-state index contributed by atoms with van der Waals surface area (Å²) in [5, 5.41) is 4.56. The third kappa shape index (κ3) is 5.52. The molecular formula is C17H15Cl2F3N2O3S. The first kappa shape index (κ1) is 22.3. The Balaban J connectivity index is 2.19. The number of anilines is 1. The van der Waals surface area contributed by atoms with E-state index in [9.17, 15) is 21.6 Å². The Morgan fingerprint density at radius 3 is 2.46 bits per heavy atom. The van der Waals surface area contributed by atoms with Crippen LogP contribution < -0.4 is 4.72 Å². The fourth-order valence-corrected chi connectivity index (χ4v) is 3.44. The Morgan fingerprint density at radius 2 is 1.86 bits per heavy atom. The molecule has 0 aliphatic rings. The van der Waals surface area contributed by atoms with Gasteiger partial charge < -0.3 is 4.84 Å². The highest BCUT2D eigenvalue weighted by atomic mass is 35.5. The molecule has 0 aliphatic heterocycles. The quantitative estimate of drug-likeness (QED) is 0.467. The lowest BCUT2D eigenvalue weighted by molar-refractivity contribution is -0.0429.